The first-order valence-corrected chi connectivity index (χ1v) is 7.01. The first-order chi connectivity index (χ1) is 10.2. The Morgan fingerprint density at radius 1 is 1.00 bits per heavy atom. The van der Waals surface area contributed by atoms with Crippen LogP contribution < -0.4 is 9.47 Å². The number of benzene rings is 2. The molecule has 2 heterocycles. The molecule has 0 aliphatic carbocycles. The molecule has 2 aromatic rings. The fraction of sp³-hybridized carbons (Fsp3) is 0.188. The molecule has 0 radical (unpaired) electrons. The first kappa shape index (κ1) is 12.5. The summed E-state index contributed by atoms with van der Waals surface area (Å²) in [4.78, 5) is 12.1. The minimum Gasteiger partial charge on any atom is -0.486 e. The van der Waals surface area contributed by atoms with Gasteiger partial charge in [0.15, 0.2) is 17.6 Å². The summed E-state index contributed by atoms with van der Waals surface area (Å²) in [6.07, 6.45) is -0.503. The minimum absolute atomic E-state index is 0.369. The van der Waals surface area contributed by atoms with Gasteiger partial charge in [0.2, 0.25) is 0 Å². The predicted octanol–water partition coefficient (Wildman–Crippen LogP) is 3.37. The molecule has 106 valence electrons. The number of carbonyl (C=O) groups is 1. The van der Waals surface area contributed by atoms with Gasteiger partial charge in [0.25, 0.3) is 0 Å². The lowest BCUT2D eigenvalue weighted by molar-refractivity contribution is 0.0456. The van der Waals surface area contributed by atoms with Crippen molar-refractivity contribution in [3.63, 3.8) is 0 Å². The summed E-state index contributed by atoms with van der Waals surface area (Å²) < 4.78 is 16.6. The van der Waals surface area contributed by atoms with Crippen LogP contribution in [-0.4, -0.2) is 19.2 Å². The highest BCUT2D eigenvalue weighted by Gasteiger charge is 2.35. The topological polar surface area (TPSA) is 44.8 Å². The van der Waals surface area contributed by atoms with Crippen LogP contribution in [0.25, 0.3) is 0 Å². The van der Waals surface area contributed by atoms with Gasteiger partial charge in [-0.15, -0.1) is 0 Å². The van der Waals surface area contributed by atoms with Crippen LogP contribution in [0.4, 0.5) is 0 Å². The lowest BCUT2D eigenvalue weighted by atomic mass is 9.98. The maximum atomic E-state index is 12.1. The minimum atomic E-state index is -0.503. The molecular formula is C16H11ClO4. The summed E-state index contributed by atoms with van der Waals surface area (Å²) in [5.41, 5.74) is 2.03. The number of hydrogen-bond donors (Lipinski definition) is 0. The summed E-state index contributed by atoms with van der Waals surface area (Å²) in [6.45, 7) is 0.978. The van der Waals surface area contributed by atoms with Gasteiger partial charge in [-0.05, 0) is 18.2 Å². The van der Waals surface area contributed by atoms with Gasteiger partial charge >= 0.3 is 5.97 Å². The summed E-state index contributed by atoms with van der Waals surface area (Å²) in [5, 5.41) is 0.568. The van der Waals surface area contributed by atoms with Crippen molar-refractivity contribution < 1.29 is 19.0 Å². The highest BCUT2D eigenvalue weighted by molar-refractivity contribution is 6.31. The molecule has 2 aliphatic rings. The fourth-order valence-electron chi connectivity index (χ4n) is 2.65. The van der Waals surface area contributed by atoms with Crippen LogP contribution in [-0.2, 0) is 4.74 Å². The lowest BCUT2D eigenvalue weighted by Crippen LogP contribution is -2.16. The van der Waals surface area contributed by atoms with Crippen molar-refractivity contribution in [3.05, 3.63) is 58.1 Å². The number of cyclic esters (lactones) is 1. The van der Waals surface area contributed by atoms with E-state index in [4.69, 9.17) is 25.8 Å². The normalized spacial score (nSPS) is 19.1. The van der Waals surface area contributed by atoms with Crippen molar-refractivity contribution in [1.29, 1.82) is 0 Å². The van der Waals surface area contributed by atoms with E-state index in [0.717, 1.165) is 11.1 Å². The van der Waals surface area contributed by atoms with Gasteiger partial charge < -0.3 is 14.2 Å². The van der Waals surface area contributed by atoms with Crippen molar-refractivity contribution in [2.45, 2.75) is 6.10 Å². The molecule has 4 nitrogen and oxygen atoms in total. The monoisotopic (exact) mass is 302 g/mol. The average molecular weight is 303 g/mol. The zero-order valence-electron chi connectivity index (χ0n) is 11.0. The van der Waals surface area contributed by atoms with E-state index in [1.165, 1.54) is 0 Å². The number of ether oxygens (including phenoxy) is 3. The van der Waals surface area contributed by atoms with Gasteiger partial charge in [0.1, 0.15) is 13.2 Å². The Hall–Kier alpha value is -2.20. The third-order valence-electron chi connectivity index (χ3n) is 3.63. The van der Waals surface area contributed by atoms with Crippen LogP contribution in [0.15, 0.2) is 36.4 Å². The van der Waals surface area contributed by atoms with Crippen molar-refractivity contribution in [2.24, 2.45) is 0 Å². The van der Waals surface area contributed by atoms with E-state index >= 15 is 0 Å². The zero-order chi connectivity index (χ0) is 14.4. The van der Waals surface area contributed by atoms with Crippen LogP contribution in [0, 0.1) is 0 Å². The van der Waals surface area contributed by atoms with Crippen molar-refractivity contribution in [3.8, 4) is 11.5 Å². The van der Waals surface area contributed by atoms with Gasteiger partial charge in [-0.1, -0.05) is 29.8 Å². The smallest absolute Gasteiger partial charge is 0.339 e. The van der Waals surface area contributed by atoms with Crippen LogP contribution in [0.1, 0.15) is 27.6 Å². The third-order valence-corrected chi connectivity index (χ3v) is 3.97. The number of esters is 1. The number of fused-ring (bicyclic) bond motifs is 2. The molecule has 2 aromatic carbocycles. The van der Waals surface area contributed by atoms with E-state index in [1.807, 2.05) is 24.3 Å². The molecule has 0 N–H and O–H groups in total. The van der Waals surface area contributed by atoms with E-state index in [-0.39, 0.29) is 5.97 Å². The molecule has 0 aromatic heterocycles. The summed E-state index contributed by atoms with van der Waals surface area (Å²) in [7, 11) is 0. The maximum absolute atomic E-state index is 12.1. The predicted molar refractivity (Wildman–Crippen MR) is 76.1 cm³/mol. The van der Waals surface area contributed by atoms with Gasteiger partial charge in [-0.25, -0.2) is 4.79 Å². The zero-order valence-corrected chi connectivity index (χ0v) is 11.7. The molecule has 4 rings (SSSR count). The van der Waals surface area contributed by atoms with Gasteiger partial charge in [-0.3, -0.25) is 0 Å². The van der Waals surface area contributed by atoms with E-state index in [1.54, 1.807) is 12.1 Å². The number of rotatable bonds is 1. The molecule has 0 saturated heterocycles. The van der Waals surface area contributed by atoms with Crippen LogP contribution in [0.3, 0.4) is 0 Å². The highest BCUT2D eigenvalue weighted by atomic mass is 35.5. The molecule has 0 fully saturated rings. The van der Waals surface area contributed by atoms with Gasteiger partial charge in [0, 0.05) is 16.1 Å². The van der Waals surface area contributed by atoms with E-state index in [2.05, 4.69) is 0 Å². The van der Waals surface area contributed by atoms with E-state index < -0.39 is 6.10 Å². The van der Waals surface area contributed by atoms with E-state index in [0.29, 0.717) is 35.3 Å². The Morgan fingerprint density at radius 3 is 2.48 bits per heavy atom. The SMILES string of the molecule is O=C1O[C@@H](c2ccccc2Cl)c2cc3c(cc21)OCCO3. The molecule has 0 saturated carbocycles. The number of carbonyl (C=O) groups excluding carboxylic acids is 1. The van der Waals surface area contributed by atoms with Crippen molar-refractivity contribution in [2.75, 3.05) is 13.2 Å². The second-order valence-electron chi connectivity index (χ2n) is 4.89. The average Bonchev–Trinajstić information content (AvgIpc) is 2.82. The second kappa shape index (κ2) is 4.67. The molecule has 1 atom stereocenters. The molecule has 0 bridgehead atoms. The standard InChI is InChI=1S/C16H11ClO4/c17-12-4-2-1-3-9(12)15-10-7-13-14(20-6-5-19-13)8-11(10)16(18)21-15/h1-4,7-8,15H,5-6H2/t15-/m0/s1. The quantitative estimate of drug-likeness (QED) is 0.758. The number of halogens is 1. The van der Waals surface area contributed by atoms with Crippen LogP contribution in [0.2, 0.25) is 5.02 Å². The van der Waals surface area contributed by atoms with Crippen LogP contribution >= 0.6 is 11.6 Å². The highest BCUT2D eigenvalue weighted by Crippen LogP contribution is 2.44. The third kappa shape index (κ3) is 1.94. The molecule has 2 aliphatic heterocycles. The Balaban J connectivity index is 1.86. The summed E-state index contributed by atoms with van der Waals surface area (Å²) in [6, 6.07) is 10.8. The summed E-state index contributed by atoms with van der Waals surface area (Å²) in [5.74, 6) is 0.846. The maximum Gasteiger partial charge on any atom is 0.339 e. The molecule has 0 spiro atoms. The fourth-order valence-corrected chi connectivity index (χ4v) is 2.89. The first-order valence-electron chi connectivity index (χ1n) is 6.63. The molecule has 0 amide bonds. The lowest BCUT2D eigenvalue weighted by Gasteiger charge is -2.19. The van der Waals surface area contributed by atoms with Crippen molar-refractivity contribution >= 4 is 17.6 Å². The van der Waals surface area contributed by atoms with Crippen molar-refractivity contribution in [1.82, 2.24) is 0 Å². The molecule has 5 heteroatoms. The molecular weight excluding hydrogens is 292 g/mol. The van der Waals surface area contributed by atoms with Crippen LogP contribution in [0.5, 0.6) is 11.5 Å². The molecule has 21 heavy (non-hydrogen) atoms. The Bertz CT molecular complexity index is 741. The Morgan fingerprint density at radius 2 is 1.71 bits per heavy atom. The summed E-state index contributed by atoms with van der Waals surface area (Å²) >= 11 is 6.21. The van der Waals surface area contributed by atoms with Gasteiger partial charge in [0.05, 0.1) is 5.56 Å². The molecule has 0 unspecified atom stereocenters. The Kier molecular flexibility index (Phi) is 2.79. The Labute approximate surface area is 126 Å². The number of hydrogen-bond acceptors (Lipinski definition) is 4. The van der Waals surface area contributed by atoms with E-state index in [9.17, 15) is 4.79 Å². The second-order valence-corrected chi connectivity index (χ2v) is 5.30. The van der Waals surface area contributed by atoms with Gasteiger partial charge in [-0.2, -0.15) is 0 Å². The largest absolute Gasteiger partial charge is 0.486 e.